The lowest BCUT2D eigenvalue weighted by atomic mass is 10.3. The van der Waals surface area contributed by atoms with Crippen molar-refractivity contribution in [3.8, 4) is 0 Å². The monoisotopic (exact) mass is 215 g/mol. The van der Waals surface area contributed by atoms with Crippen molar-refractivity contribution in [2.24, 2.45) is 0 Å². The fourth-order valence-corrected chi connectivity index (χ4v) is 0.975. The van der Waals surface area contributed by atoms with Gasteiger partial charge in [-0.2, -0.15) is 0 Å². The van der Waals surface area contributed by atoms with Crippen molar-refractivity contribution in [2.45, 2.75) is 26.3 Å². The van der Waals surface area contributed by atoms with E-state index in [2.05, 4.69) is 10.1 Å². The minimum Gasteiger partial charge on any atom is -0.390 e. The van der Waals surface area contributed by atoms with Gasteiger partial charge in [0.05, 0.1) is 5.10 Å². The van der Waals surface area contributed by atoms with Crippen molar-refractivity contribution < 1.29 is 9.85 Å². The summed E-state index contributed by atoms with van der Waals surface area (Å²) in [6.45, 7) is 3.47. The van der Waals surface area contributed by atoms with Crippen molar-refractivity contribution in [1.82, 2.24) is 14.8 Å². The maximum Gasteiger partial charge on any atom is 0.508 e. The number of hydrogen-bond acceptors (Lipinski definition) is 6. The zero-order valence-electron chi connectivity index (χ0n) is 8.15. The molecule has 0 bridgehead atoms. The molecule has 15 heavy (non-hydrogen) atoms. The molecule has 0 aromatic carbocycles. The Kier molecular flexibility index (Phi) is 2.93. The van der Waals surface area contributed by atoms with Crippen molar-refractivity contribution in [2.75, 3.05) is 0 Å². The third-order valence-electron chi connectivity index (χ3n) is 1.94. The summed E-state index contributed by atoms with van der Waals surface area (Å²) < 4.78 is 0.956. The first kappa shape index (κ1) is 11.0. The van der Waals surface area contributed by atoms with E-state index in [0.717, 1.165) is 4.68 Å². The van der Waals surface area contributed by atoms with Crippen LogP contribution in [0.2, 0.25) is 0 Å². The highest BCUT2D eigenvalue weighted by Crippen LogP contribution is 2.20. The molecule has 1 atom stereocenters. The Morgan fingerprint density at radius 1 is 1.40 bits per heavy atom. The molecule has 0 radical (unpaired) electrons. The molecule has 1 unspecified atom stereocenters. The topological polar surface area (TPSA) is 117 Å². The van der Waals surface area contributed by atoms with Crippen LogP contribution in [0.1, 0.15) is 26.3 Å². The Morgan fingerprint density at radius 2 is 2.00 bits per heavy atom. The number of nitrogens with zero attached hydrogens (tertiary/aromatic N) is 5. The minimum atomic E-state index is -0.855. The van der Waals surface area contributed by atoms with E-state index >= 15 is 0 Å². The first-order valence-electron chi connectivity index (χ1n) is 4.22. The molecule has 0 saturated carbocycles. The summed E-state index contributed by atoms with van der Waals surface area (Å²) in [5.74, 6) is -1.35. The van der Waals surface area contributed by atoms with Gasteiger partial charge in [-0.05, 0) is 23.2 Å². The van der Waals surface area contributed by atoms with Gasteiger partial charge < -0.3 is 20.2 Å². The van der Waals surface area contributed by atoms with Crippen LogP contribution in [0.15, 0.2) is 0 Å². The lowest BCUT2D eigenvalue weighted by Crippen LogP contribution is -2.09. The van der Waals surface area contributed by atoms with Crippen molar-refractivity contribution >= 4 is 11.9 Å². The Bertz CT molecular complexity index is 400. The molecule has 82 valence electrons. The molecule has 0 fully saturated rings. The molecule has 9 nitrogen and oxygen atoms in total. The Hall–Kier alpha value is -2.06. The van der Waals surface area contributed by atoms with E-state index in [1.165, 1.54) is 0 Å². The van der Waals surface area contributed by atoms with Crippen molar-refractivity contribution in [3.63, 3.8) is 0 Å². The molecule has 1 heterocycles. The fraction of sp³-hybridized carbons (Fsp3) is 0.667. The maximum absolute atomic E-state index is 10.5. The molecule has 0 aliphatic rings. The Balaban J connectivity index is 3.23. The summed E-state index contributed by atoms with van der Waals surface area (Å²) in [6.07, 6.45) is 0.571. The van der Waals surface area contributed by atoms with Gasteiger partial charge >= 0.3 is 11.9 Å². The van der Waals surface area contributed by atoms with E-state index in [4.69, 9.17) is 0 Å². The van der Waals surface area contributed by atoms with E-state index in [-0.39, 0.29) is 6.04 Å². The Morgan fingerprint density at radius 3 is 2.40 bits per heavy atom. The fourth-order valence-electron chi connectivity index (χ4n) is 0.975. The molecule has 0 spiro atoms. The summed E-state index contributed by atoms with van der Waals surface area (Å²) in [4.78, 5) is 22.5. The summed E-state index contributed by atoms with van der Waals surface area (Å²) in [7, 11) is 0. The number of nitro groups is 2. The third kappa shape index (κ3) is 2.06. The number of aromatic nitrogens is 3. The van der Waals surface area contributed by atoms with Gasteiger partial charge in [-0.15, -0.1) is 0 Å². The van der Waals surface area contributed by atoms with Gasteiger partial charge in [0.15, 0.2) is 0 Å². The highest BCUT2D eigenvalue weighted by Gasteiger charge is 2.30. The van der Waals surface area contributed by atoms with Gasteiger partial charge in [-0.1, -0.05) is 11.6 Å². The second-order valence-electron chi connectivity index (χ2n) is 2.93. The van der Waals surface area contributed by atoms with Crippen molar-refractivity contribution in [1.29, 1.82) is 0 Å². The maximum atomic E-state index is 10.5. The van der Waals surface area contributed by atoms with Gasteiger partial charge in [0.1, 0.15) is 6.04 Å². The number of hydrogen-bond donors (Lipinski definition) is 0. The summed E-state index contributed by atoms with van der Waals surface area (Å²) in [6, 6.07) is -0.299. The van der Waals surface area contributed by atoms with E-state index < -0.39 is 21.7 Å². The molecular formula is C6H9N5O4. The predicted octanol–water partition coefficient (Wildman–Crippen LogP) is 1.07. The standard InChI is InChI=1S/C6H9N5O4/c1-3-4(2)9-6(11(14)15)7-5(8-9)10(12)13/h4H,3H2,1-2H3. The molecule has 1 rings (SSSR count). The van der Waals surface area contributed by atoms with E-state index in [9.17, 15) is 20.2 Å². The van der Waals surface area contributed by atoms with Gasteiger partial charge in [-0.3, -0.25) is 0 Å². The van der Waals surface area contributed by atoms with E-state index in [1.807, 2.05) is 0 Å². The van der Waals surface area contributed by atoms with Gasteiger partial charge in [0, 0.05) is 4.98 Å². The van der Waals surface area contributed by atoms with Crippen LogP contribution >= 0.6 is 0 Å². The first-order chi connectivity index (χ1) is 6.97. The van der Waals surface area contributed by atoms with Crippen molar-refractivity contribution in [3.05, 3.63) is 20.2 Å². The second kappa shape index (κ2) is 3.98. The van der Waals surface area contributed by atoms with E-state index in [1.54, 1.807) is 13.8 Å². The van der Waals surface area contributed by atoms with Crippen LogP contribution < -0.4 is 0 Å². The molecule has 0 amide bonds. The molecular weight excluding hydrogens is 206 g/mol. The highest BCUT2D eigenvalue weighted by molar-refractivity contribution is 5.14. The molecule has 0 aliphatic heterocycles. The number of rotatable bonds is 4. The molecule has 1 aromatic heterocycles. The Labute approximate surface area is 84.0 Å². The van der Waals surface area contributed by atoms with Crippen LogP contribution in [-0.2, 0) is 0 Å². The lowest BCUT2D eigenvalue weighted by molar-refractivity contribution is -0.404. The smallest absolute Gasteiger partial charge is 0.390 e. The quantitative estimate of drug-likeness (QED) is 0.547. The predicted molar refractivity (Wildman–Crippen MR) is 48.3 cm³/mol. The van der Waals surface area contributed by atoms with E-state index in [0.29, 0.717) is 6.42 Å². The lowest BCUT2D eigenvalue weighted by Gasteiger charge is -2.01. The van der Waals surface area contributed by atoms with Crippen LogP contribution in [0.4, 0.5) is 11.9 Å². The van der Waals surface area contributed by atoms with Gasteiger partial charge in [0.25, 0.3) is 0 Å². The zero-order chi connectivity index (χ0) is 11.6. The molecule has 1 aromatic rings. The zero-order valence-corrected chi connectivity index (χ0v) is 8.15. The molecule has 9 heteroatoms. The molecule has 0 aliphatic carbocycles. The van der Waals surface area contributed by atoms with Gasteiger partial charge in [-0.25, -0.2) is 0 Å². The molecule has 0 saturated heterocycles. The second-order valence-corrected chi connectivity index (χ2v) is 2.93. The van der Waals surface area contributed by atoms with Crippen LogP contribution in [0.25, 0.3) is 0 Å². The van der Waals surface area contributed by atoms with Crippen LogP contribution in [0.5, 0.6) is 0 Å². The SMILES string of the molecule is CCC(C)n1nc([N+](=O)[O-])nc1[N+](=O)[O-]. The molecule has 0 N–H and O–H groups in total. The highest BCUT2D eigenvalue weighted by atomic mass is 16.6. The summed E-state index contributed by atoms with van der Waals surface area (Å²) in [5, 5.41) is 24.3. The summed E-state index contributed by atoms with van der Waals surface area (Å²) in [5.41, 5.74) is 0. The van der Waals surface area contributed by atoms with Crippen LogP contribution in [0, 0.1) is 20.2 Å². The normalized spacial score (nSPS) is 12.4. The van der Waals surface area contributed by atoms with Crippen LogP contribution in [0.3, 0.4) is 0 Å². The van der Waals surface area contributed by atoms with Gasteiger partial charge in [0.2, 0.25) is 0 Å². The third-order valence-corrected chi connectivity index (χ3v) is 1.94. The van der Waals surface area contributed by atoms with Crippen LogP contribution in [-0.4, -0.2) is 24.6 Å². The first-order valence-corrected chi connectivity index (χ1v) is 4.22. The average Bonchev–Trinajstić information content (AvgIpc) is 2.61. The summed E-state index contributed by atoms with van der Waals surface area (Å²) >= 11 is 0. The average molecular weight is 215 g/mol. The largest absolute Gasteiger partial charge is 0.508 e. The minimum absolute atomic E-state index is 0.299.